The second kappa shape index (κ2) is 7.20. The first-order valence-corrected chi connectivity index (χ1v) is 7.89. The lowest BCUT2D eigenvalue weighted by atomic mass is 9.74. The van der Waals surface area contributed by atoms with E-state index in [1.807, 2.05) is 19.2 Å². The predicted molar refractivity (Wildman–Crippen MR) is 85.5 cm³/mol. The number of hydrazine groups is 1. The van der Waals surface area contributed by atoms with Gasteiger partial charge >= 0.3 is 0 Å². The molecule has 1 aliphatic carbocycles. The van der Waals surface area contributed by atoms with Gasteiger partial charge in [-0.1, -0.05) is 6.92 Å². The van der Waals surface area contributed by atoms with E-state index in [9.17, 15) is 0 Å². The third-order valence-corrected chi connectivity index (χ3v) is 4.75. The number of ether oxygens (including phenoxy) is 1. The van der Waals surface area contributed by atoms with Crippen molar-refractivity contribution in [2.75, 3.05) is 12.3 Å². The van der Waals surface area contributed by atoms with Crippen LogP contribution in [0.15, 0.2) is 18.5 Å². The van der Waals surface area contributed by atoms with Gasteiger partial charge in [-0.2, -0.15) is 0 Å². The fourth-order valence-electron chi connectivity index (χ4n) is 3.36. The molecule has 5 nitrogen and oxygen atoms in total. The number of nitrogens with one attached hydrogen (secondary N) is 1. The molecule has 5 heteroatoms. The molecule has 0 bridgehead atoms. The average Bonchev–Trinajstić information content (AvgIpc) is 2.49. The lowest BCUT2D eigenvalue weighted by Crippen LogP contribution is -2.57. The Labute approximate surface area is 127 Å². The van der Waals surface area contributed by atoms with Crippen LogP contribution in [-0.2, 0) is 11.2 Å². The smallest absolute Gasteiger partial charge is 0.0851 e. The van der Waals surface area contributed by atoms with Crippen LogP contribution in [0.4, 0.5) is 5.69 Å². The zero-order valence-electron chi connectivity index (χ0n) is 13.1. The van der Waals surface area contributed by atoms with Crippen molar-refractivity contribution in [3.63, 3.8) is 0 Å². The Kier molecular flexibility index (Phi) is 5.56. The number of nitrogen functional groups attached to an aromatic ring is 1. The van der Waals surface area contributed by atoms with E-state index in [2.05, 4.69) is 17.3 Å². The maximum Gasteiger partial charge on any atom is 0.0851 e. The molecule has 118 valence electrons. The van der Waals surface area contributed by atoms with E-state index < -0.39 is 0 Å². The van der Waals surface area contributed by atoms with E-state index >= 15 is 0 Å². The van der Waals surface area contributed by atoms with E-state index in [1.54, 1.807) is 6.20 Å². The van der Waals surface area contributed by atoms with Crippen molar-refractivity contribution in [2.45, 2.75) is 57.6 Å². The average molecular weight is 292 g/mol. The number of nitrogens with zero attached hydrogens (tertiary/aromatic N) is 1. The Hall–Kier alpha value is -1.17. The summed E-state index contributed by atoms with van der Waals surface area (Å²) in [6, 6.07) is 1.88. The highest BCUT2D eigenvalue weighted by Gasteiger charge is 2.41. The van der Waals surface area contributed by atoms with Gasteiger partial charge in [-0.25, -0.2) is 0 Å². The molecule has 0 spiro atoms. The zero-order valence-corrected chi connectivity index (χ0v) is 13.1. The third-order valence-electron chi connectivity index (χ3n) is 4.75. The van der Waals surface area contributed by atoms with Crippen LogP contribution in [0.1, 0.15) is 45.1 Å². The number of anilines is 1. The molecule has 0 aromatic carbocycles. The minimum absolute atomic E-state index is 0.0523. The molecule has 0 amide bonds. The molecular weight excluding hydrogens is 264 g/mol. The molecule has 0 saturated heterocycles. The van der Waals surface area contributed by atoms with Crippen molar-refractivity contribution >= 4 is 5.69 Å². The van der Waals surface area contributed by atoms with E-state index in [0.29, 0.717) is 6.61 Å². The molecule has 1 fully saturated rings. The summed E-state index contributed by atoms with van der Waals surface area (Å²) in [7, 11) is 0. The summed E-state index contributed by atoms with van der Waals surface area (Å²) < 4.78 is 6.18. The van der Waals surface area contributed by atoms with Gasteiger partial charge in [-0.3, -0.25) is 16.3 Å². The standard InChI is InChI=1S/C16H28N4O/c1-3-21-16(7-4-12(2)5-8-16)15(20-18)10-13-11-19-9-6-14(13)17/h6,9,11-12,15,20H,3-5,7-8,10,18H2,1-2H3,(H2,17,19). The Balaban J connectivity index is 2.18. The molecule has 1 aromatic heterocycles. The fraction of sp³-hybridized carbons (Fsp3) is 0.688. The third kappa shape index (κ3) is 3.73. The maximum atomic E-state index is 6.18. The molecule has 1 aliphatic rings. The quantitative estimate of drug-likeness (QED) is 0.551. The highest BCUT2D eigenvalue weighted by molar-refractivity contribution is 5.44. The van der Waals surface area contributed by atoms with Gasteiger partial charge in [0.25, 0.3) is 0 Å². The van der Waals surface area contributed by atoms with Gasteiger partial charge in [-0.05, 0) is 56.6 Å². The first kappa shape index (κ1) is 16.2. The summed E-state index contributed by atoms with van der Waals surface area (Å²) in [5.74, 6) is 6.62. The number of pyridine rings is 1. The molecule has 1 atom stereocenters. The van der Waals surface area contributed by atoms with E-state index in [0.717, 1.165) is 36.4 Å². The highest BCUT2D eigenvalue weighted by Crippen LogP contribution is 2.38. The Morgan fingerprint density at radius 3 is 2.76 bits per heavy atom. The van der Waals surface area contributed by atoms with Crippen LogP contribution in [0.5, 0.6) is 0 Å². The van der Waals surface area contributed by atoms with E-state index in [-0.39, 0.29) is 11.6 Å². The topological polar surface area (TPSA) is 86.2 Å². The van der Waals surface area contributed by atoms with Crippen molar-refractivity contribution in [3.05, 3.63) is 24.0 Å². The van der Waals surface area contributed by atoms with Crippen LogP contribution in [0.25, 0.3) is 0 Å². The van der Waals surface area contributed by atoms with Crippen molar-refractivity contribution in [1.29, 1.82) is 0 Å². The summed E-state index contributed by atoms with van der Waals surface area (Å²) in [5, 5.41) is 0. The monoisotopic (exact) mass is 292 g/mol. The maximum absolute atomic E-state index is 6.18. The van der Waals surface area contributed by atoms with Gasteiger partial charge in [-0.15, -0.1) is 0 Å². The van der Waals surface area contributed by atoms with Crippen molar-refractivity contribution < 1.29 is 4.74 Å². The first-order chi connectivity index (χ1) is 10.1. The van der Waals surface area contributed by atoms with Gasteiger partial charge in [0.05, 0.1) is 11.6 Å². The molecule has 21 heavy (non-hydrogen) atoms. The van der Waals surface area contributed by atoms with Crippen LogP contribution in [0.2, 0.25) is 0 Å². The molecule has 5 N–H and O–H groups in total. The molecule has 1 aromatic rings. The highest BCUT2D eigenvalue weighted by atomic mass is 16.5. The molecule has 1 unspecified atom stereocenters. The second-order valence-corrected chi connectivity index (χ2v) is 6.18. The van der Waals surface area contributed by atoms with Gasteiger partial charge in [0.1, 0.15) is 0 Å². The van der Waals surface area contributed by atoms with E-state index in [4.69, 9.17) is 16.3 Å². The number of hydrogen-bond acceptors (Lipinski definition) is 5. The molecule has 1 heterocycles. The minimum atomic E-state index is -0.196. The fourth-order valence-corrected chi connectivity index (χ4v) is 3.36. The van der Waals surface area contributed by atoms with Crippen LogP contribution in [0, 0.1) is 5.92 Å². The zero-order chi connectivity index (χ0) is 15.3. The van der Waals surface area contributed by atoms with Gasteiger partial charge in [0, 0.05) is 24.7 Å². The first-order valence-electron chi connectivity index (χ1n) is 7.89. The number of nitrogens with two attached hydrogens (primary N) is 2. The number of rotatable bonds is 6. The largest absolute Gasteiger partial charge is 0.398 e. The normalized spacial score (nSPS) is 27.5. The van der Waals surface area contributed by atoms with Crippen molar-refractivity contribution in [1.82, 2.24) is 10.4 Å². The van der Waals surface area contributed by atoms with Crippen LogP contribution in [0.3, 0.4) is 0 Å². The number of aromatic nitrogens is 1. The van der Waals surface area contributed by atoms with Crippen LogP contribution in [-0.4, -0.2) is 23.2 Å². The minimum Gasteiger partial charge on any atom is -0.398 e. The van der Waals surface area contributed by atoms with Gasteiger partial charge < -0.3 is 10.5 Å². The van der Waals surface area contributed by atoms with Crippen molar-refractivity contribution in [2.24, 2.45) is 11.8 Å². The molecule has 0 aliphatic heterocycles. The number of hydrogen-bond donors (Lipinski definition) is 3. The predicted octanol–water partition coefficient (Wildman–Crippen LogP) is 2.02. The molecule has 1 saturated carbocycles. The summed E-state index contributed by atoms with van der Waals surface area (Å²) in [6.45, 7) is 5.06. The van der Waals surface area contributed by atoms with Gasteiger partial charge in [0.15, 0.2) is 0 Å². The lowest BCUT2D eigenvalue weighted by Gasteiger charge is -2.44. The molecular formula is C16H28N4O. The van der Waals surface area contributed by atoms with Gasteiger partial charge in [0.2, 0.25) is 0 Å². The Morgan fingerprint density at radius 1 is 1.48 bits per heavy atom. The molecule has 0 radical (unpaired) electrons. The summed E-state index contributed by atoms with van der Waals surface area (Å²) in [6.07, 6.45) is 8.72. The summed E-state index contributed by atoms with van der Waals surface area (Å²) >= 11 is 0. The van der Waals surface area contributed by atoms with Crippen LogP contribution >= 0.6 is 0 Å². The summed E-state index contributed by atoms with van der Waals surface area (Å²) in [5.41, 5.74) is 10.6. The van der Waals surface area contributed by atoms with E-state index in [1.165, 1.54) is 12.8 Å². The Bertz CT molecular complexity index is 444. The van der Waals surface area contributed by atoms with Crippen molar-refractivity contribution in [3.8, 4) is 0 Å². The molecule has 2 rings (SSSR count). The summed E-state index contributed by atoms with van der Waals surface area (Å²) in [4.78, 5) is 4.17. The Morgan fingerprint density at radius 2 is 2.19 bits per heavy atom. The lowest BCUT2D eigenvalue weighted by molar-refractivity contribution is -0.0961. The van der Waals surface area contributed by atoms with Crippen LogP contribution < -0.4 is 17.0 Å². The second-order valence-electron chi connectivity index (χ2n) is 6.18. The SMILES string of the molecule is CCOC1(C(Cc2cnccc2N)NN)CCC(C)CC1.